The molecule has 0 spiro atoms. The predicted molar refractivity (Wildman–Crippen MR) is 46.7 cm³/mol. The van der Waals surface area contributed by atoms with E-state index >= 15 is 0 Å². The first kappa shape index (κ1) is 11.9. The predicted octanol–water partition coefficient (Wildman–Crippen LogP) is -4.18. The first-order chi connectivity index (χ1) is 6.04. The molecule has 2 aliphatic heterocycles. The molecule has 5 heteroatoms. The third kappa shape index (κ3) is 1.15. The average molecular weight is 222 g/mol. The molecule has 2 rings (SSSR count). The molecule has 0 aliphatic carbocycles. The van der Waals surface area contributed by atoms with Crippen LogP contribution in [0.15, 0.2) is 11.6 Å². The number of aliphatic hydroxyl groups is 3. The minimum absolute atomic E-state index is 0. The van der Waals surface area contributed by atoms with E-state index in [1.807, 2.05) is 13.1 Å². The van der Waals surface area contributed by atoms with Crippen molar-refractivity contribution in [2.45, 2.75) is 18.2 Å². The fraction of sp³-hybridized carbons (Fsp3) is 0.778. The van der Waals surface area contributed by atoms with Crippen LogP contribution in [0.5, 0.6) is 0 Å². The Morgan fingerprint density at radius 1 is 1.64 bits per heavy atom. The monoisotopic (exact) mass is 221 g/mol. The maximum atomic E-state index is 10.3. The summed E-state index contributed by atoms with van der Waals surface area (Å²) in [5.74, 6) is 0. The number of hydrogen-bond donors (Lipinski definition) is 3. The van der Waals surface area contributed by atoms with Crippen molar-refractivity contribution in [1.82, 2.24) is 0 Å². The van der Waals surface area contributed by atoms with Crippen LogP contribution in [-0.4, -0.2) is 58.4 Å². The normalized spacial score (nSPS) is 45.7. The van der Waals surface area contributed by atoms with Crippen LogP contribution >= 0.6 is 0 Å². The first-order valence-corrected chi connectivity index (χ1v) is 4.60. The van der Waals surface area contributed by atoms with Gasteiger partial charge in [-0.1, -0.05) is 0 Å². The summed E-state index contributed by atoms with van der Waals surface area (Å²) >= 11 is 0. The van der Waals surface area contributed by atoms with E-state index in [1.54, 1.807) is 0 Å². The van der Waals surface area contributed by atoms with Crippen molar-refractivity contribution >= 4 is 0 Å². The zero-order valence-corrected chi connectivity index (χ0v) is 8.91. The van der Waals surface area contributed by atoms with Crippen LogP contribution in [0.25, 0.3) is 0 Å². The molecule has 0 aromatic rings. The summed E-state index contributed by atoms with van der Waals surface area (Å²) in [4.78, 5) is 0. The number of aliphatic hydroxyl groups excluding tert-OH is 2. The Balaban J connectivity index is 0.000000980. The van der Waals surface area contributed by atoms with Gasteiger partial charge in [0.1, 0.15) is 12.6 Å². The molecule has 1 saturated heterocycles. The van der Waals surface area contributed by atoms with Gasteiger partial charge in [0, 0.05) is 12.0 Å². The van der Waals surface area contributed by atoms with Gasteiger partial charge in [-0.25, -0.2) is 0 Å². The Bertz CT molecular complexity index is 271. The highest BCUT2D eigenvalue weighted by atomic mass is 35.5. The van der Waals surface area contributed by atoms with Crippen LogP contribution in [0, 0.1) is 0 Å². The summed E-state index contributed by atoms with van der Waals surface area (Å²) in [5.41, 5.74) is -0.658. The van der Waals surface area contributed by atoms with E-state index in [-0.39, 0.29) is 19.0 Å². The zero-order valence-electron chi connectivity index (χ0n) is 8.15. The summed E-state index contributed by atoms with van der Waals surface area (Å²) < 4.78 is 0.421. The summed E-state index contributed by atoms with van der Waals surface area (Å²) in [7, 11) is 1.91. The summed E-state index contributed by atoms with van der Waals surface area (Å²) in [6, 6.07) is 0. The zero-order chi connectivity index (χ0) is 9.69. The quantitative estimate of drug-likeness (QED) is 0.311. The number of halogens is 1. The summed E-state index contributed by atoms with van der Waals surface area (Å²) in [6.07, 6.45) is 1.70. The number of likely N-dealkylation sites (N-methyl/N-ethyl adjacent to an activating group) is 1. The largest absolute Gasteiger partial charge is 1.00 e. The number of quaternary nitrogens is 1. The molecule has 3 atom stereocenters. The SMILES string of the molecule is C[N@@+]12CC=C(CO)[C@]1(O)[C@H](O)CC2.[Cl-]. The van der Waals surface area contributed by atoms with Crippen LogP contribution < -0.4 is 12.4 Å². The van der Waals surface area contributed by atoms with Gasteiger partial charge in [0.2, 0.25) is 0 Å². The molecule has 3 N–H and O–H groups in total. The van der Waals surface area contributed by atoms with Gasteiger partial charge in [-0.3, -0.25) is 4.48 Å². The van der Waals surface area contributed by atoms with Crippen molar-refractivity contribution in [2.24, 2.45) is 0 Å². The van der Waals surface area contributed by atoms with Gasteiger partial charge < -0.3 is 27.7 Å². The van der Waals surface area contributed by atoms with Crippen molar-refractivity contribution in [3.63, 3.8) is 0 Å². The number of rotatable bonds is 1. The molecule has 0 unspecified atom stereocenters. The van der Waals surface area contributed by atoms with Crippen molar-refractivity contribution in [1.29, 1.82) is 0 Å². The van der Waals surface area contributed by atoms with E-state index < -0.39 is 11.8 Å². The third-order valence-corrected chi connectivity index (χ3v) is 3.57. The fourth-order valence-corrected chi connectivity index (χ4v) is 2.57. The molecule has 14 heavy (non-hydrogen) atoms. The Morgan fingerprint density at radius 3 is 2.86 bits per heavy atom. The van der Waals surface area contributed by atoms with Crippen LogP contribution in [0.1, 0.15) is 6.42 Å². The van der Waals surface area contributed by atoms with E-state index in [0.717, 1.165) is 6.54 Å². The Morgan fingerprint density at radius 2 is 2.29 bits per heavy atom. The number of fused-ring (bicyclic) bond motifs is 1. The van der Waals surface area contributed by atoms with Crippen molar-refractivity contribution < 1.29 is 32.2 Å². The second-order valence-corrected chi connectivity index (χ2v) is 4.22. The van der Waals surface area contributed by atoms with E-state index in [2.05, 4.69) is 0 Å². The van der Waals surface area contributed by atoms with Crippen LogP contribution in [-0.2, 0) is 0 Å². The maximum Gasteiger partial charge on any atom is 0.252 e. The highest BCUT2D eigenvalue weighted by Gasteiger charge is 2.62. The maximum absolute atomic E-state index is 10.3. The van der Waals surface area contributed by atoms with Crippen molar-refractivity contribution in [3.05, 3.63) is 11.6 Å². The molecular weight excluding hydrogens is 206 g/mol. The third-order valence-electron chi connectivity index (χ3n) is 3.57. The van der Waals surface area contributed by atoms with Crippen LogP contribution in [0.2, 0.25) is 0 Å². The van der Waals surface area contributed by atoms with E-state index in [0.29, 0.717) is 23.0 Å². The van der Waals surface area contributed by atoms with E-state index in [4.69, 9.17) is 5.11 Å². The van der Waals surface area contributed by atoms with Crippen molar-refractivity contribution in [3.8, 4) is 0 Å². The number of hydrogen-bond acceptors (Lipinski definition) is 3. The van der Waals surface area contributed by atoms with Crippen LogP contribution in [0.3, 0.4) is 0 Å². The van der Waals surface area contributed by atoms with Gasteiger partial charge >= 0.3 is 0 Å². The fourth-order valence-electron chi connectivity index (χ4n) is 2.57. The Hall–Kier alpha value is -0.130. The summed E-state index contributed by atoms with van der Waals surface area (Å²) in [6.45, 7) is 1.29. The van der Waals surface area contributed by atoms with Gasteiger partial charge in [0.25, 0.3) is 5.72 Å². The smallest absolute Gasteiger partial charge is 0.252 e. The Labute approximate surface area is 89.5 Å². The Kier molecular flexibility index (Phi) is 2.96. The molecule has 4 nitrogen and oxygen atoms in total. The highest BCUT2D eigenvalue weighted by molar-refractivity contribution is 5.21. The number of nitrogens with zero attached hydrogens (tertiary/aromatic N) is 1. The molecule has 0 bridgehead atoms. The van der Waals surface area contributed by atoms with Crippen LogP contribution in [0.4, 0.5) is 0 Å². The molecule has 0 saturated carbocycles. The van der Waals surface area contributed by atoms with E-state index in [1.165, 1.54) is 0 Å². The summed E-state index contributed by atoms with van der Waals surface area (Å²) in [5, 5.41) is 29.1. The second kappa shape index (κ2) is 3.47. The lowest BCUT2D eigenvalue weighted by atomic mass is 10.00. The highest BCUT2D eigenvalue weighted by Crippen LogP contribution is 2.42. The molecule has 0 amide bonds. The minimum Gasteiger partial charge on any atom is -1.00 e. The molecule has 82 valence electrons. The molecule has 2 aliphatic rings. The first-order valence-electron chi connectivity index (χ1n) is 4.60. The molecule has 0 radical (unpaired) electrons. The van der Waals surface area contributed by atoms with Gasteiger partial charge in [0.15, 0.2) is 0 Å². The molecule has 2 heterocycles. The lowest BCUT2D eigenvalue weighted by Gasteiger charge is -2.38. The molecular formula is C9H16ClNO3. The lowest BCUT2D eigenvalue weighted by Crippen LogP contribution is -3.00. The average Bonchev–Trinajstić information content (AvgIpc) is 2.48. The van der Waals surface area contributed by atoms with Gasteiger partial charge in [-0.15, -0.1) is 0 Å². The molecule has 1 fully saturated rings. The molecule has 0 aromatic heterocycles. The topological polar surface area (TPSA) is 60.7 Å². The standard InChI is InChI=1S/C9H16NO3.ClH/c1-10-4-2-7(6-11)9(10,13)8(12)3-5-10;/h2,8,11-13H,3-6H2,1H3;1H/q+1;/p-1/t8-,9+,10+;/m1./s1. The molecule has 0 aromatic carbocycles. The van der Waals surface area contributed by atoms with Gasteiger partial charge in [-0.2, -0.15) is 0 Å². The van der Waals surface area contributed by atoms with Gasteiger partial charge in [0.05, 0.1) is 20.2 Å². The van der Waals surface area contributed by atoms with Gasteiger partial charge in [-0.05, 0) is 6.08 Å². The second-order valence-electron chi connectivity index (χ2n) is 4.22. The van der Waals surface area contributed by atoms with E-state index in [9.17, 15) is 10.2 Å². The minimum atomic E-state index is -1.23. The van der Waals surface area contributed by atoms with Crippen molar-refractivity contribution in [2.75, 3.05) is 26.7 Å². The lowest BCUT2D eigenvalue weighted by molar-refractivity contribution is -0.955.